The van der Waals surface area contributed by atoms with Gasteiger partial charge in [-0.1, -0.05) is 6.92 Å². The average molecular weight is 159 g/mol. The molecule has 0 radical (unpaired) electrons. The van der Waals surface area contributed by atoms with Crippen LogP contribution in [-0.2, 0) is 4.79 Å². The van der Waals surface area contributed by atoms with Crippen LogP contribution >= 0.6 is 12.6 Å². The van der Waals surface area contributed by atoms with E-state index in [0.717, 1.165) is 13.0 Å². The smallest absolute Gasteiger partial charge is 0.226 e. The van der Waals surface area contributed by atoms with Gasteiger partial charge in [-0.2, -0.15) is 12.6 Å². The molecule has 10 heavy (non-hydrogen) atoms. The Labute approximate surface area is 67.0 Å². The summed E-state index contributed by atoms with van der Waals surface area (Å²) in [6.45, 7) is 4.78. The van der Waals surface area contributed by atoms with Crippen LogP contribution < -0.4 is 0 Å². The van der Waals surface area contributed by atoms with Gasteiger partial charge in [-0.05, 0) is 13.3 Å². The van der Waals surface area contributed by atoms with E-state index >= 15 is 0 Å². The van der Waals surface area contributed by atoms with Crippen molar-refractivity contribution in [2.24, 2.45) is 5.92 Å². The summed E-state index contributed by atoms with van der Waals surface area (Å²) < 4.78 is 0. The van der Waals surface area contributed by atoms with Crippen LogP contribution in [0.3, 0.4) is 0 Å². The minimum Gasteiger partial charge on any atom is -0.331 e. The quantitative estimate of drug-likeness (QED) is 0.569. The molecule has 2 atom stereocenters. The van der Waals surface area contributed by atoms with E-state index in [-0.39, 0.29) is 17.2 Å². The van der Waals surface area contributed by atoms with E-state index in [4.69, 9.17) is 0 Å². The summed E-state index contributed by atoms with van der Waals surface area (Å²) in [5.41, 5.74) is 0. The molecule has 1 aliphatic heterocycles. The van der Waals surface area contributed by atoms with Gasteiger partial charge in [-0.25, -0.2) is 0 Å². The average Bonchev–Trinajstić information content (AvgIpc) is 2.14. The van der Waals surface area contributed by atoms with Gasteiger partial charge in [0.2, 0.25) is 5.91 Å². The summed E-state index contributed by atoms with van der Waals surface area (Å²) in [6, 6.07) is 0. The van der Waals surface area contributed by atoms with E-state index in [1.165, 1.54) is 0 Å². The monoisotopic (exact) mass is 159 g/mol. The molecule has 0 aromatic heterocycles. The molecular weight excluding hydrogens is 146 g/mol. The lowest BCUT2D eigenvalue weighted by atomic mass is 10.1. The number of thiol groups is 1. The second-order valence-electron chi connectivity index (χ2n) is 2.85. The molecule has 0 aromatic carbocycles. The normalized spacial score (nSPS) is 29.3. The van der Waals surface area contributed by atoms with Gasteiger partial charge in [0, 0.05) is 12.5 Å². The van der Waals surface area contributed by atoms with Crippen molar-refractivity contribution in [1.29, 1.82) is 0 Å². The lowest BCUT2D eigenvalue weighted by molar-refractivity contribution is -0.130. The fraction of sp³-hybridized carbons (Fsp3) is 0.857. The zero-order chi connectivity index (χ0) is 7.72. The first-order valence-corrected chi connectivity index (χ1v) is 4.13. The molecular formula is C7H13NOS. The lowest BCUT2D eigenvalue weighted by Gasteiger charge is -2.19. The van der Waals surface area contributed by atoms with E-state index in [1.807, 2.05) is 18.7 Å². The number of amides is 1. The highest BCUT2D eigenvalue weighted by Crippen LogP contribution is 2.20. The molecule has 1 aliphatic rings. The maximum Gasteiger partial charge on any atom is 0.226 e. The van der Waals surface area contributed by atoms with Crippen LogP contribution in [0.1, 0.15) is 20.3 Å². The molecule has 0 saturated carbocycles. The predicted molar refractivity (Wildman–Crippen MR) is 43.9 cm³/mol. The van der Waals surface area contributed by atoms with Crippen LogP contribution in [0, 0.1) is 5.92 Å². The zero-order valence-electron chi connectivity index (χ0n) is 6.37. The molecule has 58 valence electrons. The van der Waals surface area contributed by atoms with Crippen LogP contribution in [0.5, 0.6) is 0 Å². The van der Waals surface area contributed by atoms with E-state index in [0.29, 0.717) is 0 Å². The fourth-order valence-corrected chi connectivity index (χ4v) is 1.45. The number of hydrogen-bond donors (Lipinski definition) is 1. The molecule has 1 saturated heterocycles. The molecule has 1 rings (SSSR count). The number of rotatable bonds is 1. The Bertz CT molecular complexity index is 147. The zero-order valence-corrected chi connectivity index (χ0v) is 7.27. The van der Waals surface area contributed by atoms with Crippen LogP contribution in [0.25, 0.3) is 0 Å². The molecule has 0 N–H and O–H groups in total. The molecule has 2 nitrogen and oxygen atoms in total. The van der Waals surface area contributed by atoms with Crippen LogP contribution in [0.2, 0.25) is 0 Å². The molecule has 0 aromatic rings. The number of nitrogens with zero attached hydrogens (tertiary/aromatic N) is 1. The molecule has 1 fully saturated rings. The van der Waals surface area contributed by atoms with Gasteiger partial charge in [-0.3, -0.25) is 4.79 Å². The third-order valence-electron chi connectivity index (χ3n) is 1.96. The molecule has 3 heteroatoms. The summed E-state index contributed by atoms with van der Waals surface area (Å²) in [4.78, 5) is 13.0. The number of hydrogen-bond acceptors (Lipinski definition) is 2. The maximum absolute atomic E-state index is 11.2. The molecule has 0 spiro atoms. The van der Waals surface area contributed by atoms with E-state index in [1.54, 1.807) is 0 Å². The Morgan fingerprint density at radius 2 is 2.40 bits per heavy atom. The Hall–Kier alpha value is -0.180. The second kappa shape index (κ2) is 2.82. The van der Waals surface area contributed by atoms with Crippen molar-refractivity contribution < 1.29 is 4.79 Å². The fourth-order valence-electron chi connectivity index (χ4n) is 1.22. The Morgan fingerprint density at radius 1 is 1.80 bits per heavy atom. The van der Waals surface area contributed by atoms with Crippen molar-refractivity contribution in [3.05, 3.63) is 0 Å². The summed E-state index contributed by atoms with van der Waals surface area (Å²) in [5, 5.41) is 0.0810. The Kier molecular flexibility index (Phi) is 2.24. The van der Waals surface area contributed by atoms with Crippen molar-refractivity contribution in [2.75, 3.05) is 6.54 Å². The standard InChI is InChI=1S/C7H13NOS/c1-5-3-4-8(6(2)10)7(5)9/h5-6,10H,3-4H2,1-2H3/t5?,6-/m0/s1. The van der Waals surface area contributed by atoms with E-state index in [9.17, 15) is 4.79 Å². The highest BCUT2D eigenvalue weighted by atomic mass is 32.1. The summed E-state index contributed by atoms with van der Waals surface area (Å²) in [5.74, 6) is 0.470. The molecule has 1 heterocycles. The highest BCUT2D eigenvalue weighted by Gasteiger charge is 2.29. The highest BCUT2D eigenvalue weighted by molar-refractivity contribution is 7.80. The number of carbonyl (C=O) groups excluding carboxylic acids is 1. The Balaban J connectivity index is 2.57. The molecule has 0 bridgehead atoms. The van der Waals surface area contributed by atoms with Gasteiger partial charge >= 0.3 is 0 Å². The third-order valence-corrected chi connectivity index (χ3v) is 2.24. The Morgan fingerprint density at radius 3 is 2.60 bits per heavy atom. The van der Waals surface area contributed by atoms with Crippen molar-refractivity contribution in [1.82, 2.24) is 4.90 Å². The van der Waals surface area contributed by atoms with Gasteiger partial charge in [0.1, 0.15) is 0 Å². The van der Waals surface area contributed by atoms with E-state index in [2.05, 4.69) is 12.6 Å². The first-order chi connectivity index (χ1) is 4.63. The van der Waals surface area contributed by atoms with Gasteiger partial charge in [-0.15, -0.1) is 0 Å². The van der Waals surface area contributed by atoms with Crippen molar-refractivity contribution in [2.45, 2.75) is 25.6 Å². The summed E-state index contributed by atoms with van der Waals surface area (Å²) in [6.07, 6.45) is 0.990. The minimum absolute atomic E-state index is 0.0810. The van der Waals surface area contributed by atoms with Crippen LogP contribution in [0.15, 0.2) is 0 Å². The first kappa shape index (κ1) is 7.92. The van der Waals surface area contributed by atoms with Crippen molar-refractivity contribution in [3.8, 4) is 0 Å². The number of likely N-dealkylation sites (tertiary alicyclic amines) is 1. The summed E-state index contributed by atoms with van der Waals surface area (Å²) in [7, 11) is 0. The SMILES string of the molecule is CC1CCN([C@H](C)S)C1=O. The van der Waals surface area contributed by atoms with Gasteiger partial charge in [0.25, 0.3) is 0 Å². The summed E-state index contributed by atoms with van der Waals surface area (Å²) >= 11 is 4.20. The third kappa shape index (κ3) is 1.29. The van der Waals surface area contributed by atoms with Gasteiger partial charge < -0.3 is 4.90 Å². The second-order valence-corrected chi connectivity index (χ2v) is 3.60. The maximum atomic E-state index is 11.2. The first-order valence-electron chi connectivity index (χ1n) is 3.61. The van der Waals surface area contributed by atoms with Crippen molar-refractivity contribution >= 4 is 18.5 Å². The molecule has 0 aliphatic carbocycles. The minimum atomic E-state index is 0.0810. The largest absolute Gasteiger partial charge is 0.331 e. The van der Waals surface area contributed by atoms with Crippen LogP contribution in [-0.4, -0.2) is 22.7 Å². The molecule has 1 amide bonds. The number of carbonyl (C=O) groups is 1. The topological polar surface area (TPSA) is 20.3 Å². The predicted octanol–water partition coefficient (Wildman–Crippen LogP) is 1.13. The molecule has 1 unspecified atom stereocenters. The van der Waals surface area contributed by atoms with E-state index < -0.39 is 0 Å². The van der Waals surface area contributed by atoms with Crippen molar-refractivity contribution in [3.63, 3.8) is 0 Å². The van der Waals surface area contributed by atoms with Gasteiger partial charge in [0.15, 0.2) is 0 Å². The van der Waals surface area contributed by atoms with Crippen LogP contribution in [0.4, 0.5) is 0 Å². The van der Waals surface area contributed by atoms with Gasteiger partial charge in [0.05, 0.1) is 5.37 Å². The lowest BCUT2D eigenvalue weighted by Crippen LogP contribution is -2.31.